The third kappa shape index (κ3) is 3.24. The maximum atomic E-state index is 5.46. The van der Waals surface area contributed by atoms with Crippen molar-refractivity contribution in [2.45, 2.75) is 13.3 Å². The van der Waals surface area contributed by atoms with E-state index in [1.165, 1.54) is 0 Å². The van der Waals surface area contributed by atoms with Gasteiger partial charge in [0.1, 0.15) is 4.99 Å². The van der Waals surface area contributed by atoms with Crippen LogP contribution in [0.5, 0.6) is 0 Å². The Bertz CT molecular complexity index is 537. The maximum Gasteiger partial charge on any atom is 0.223 e. The second-order valence-corrected chi connectivity index (χ2v) is 4.14. The van der Waals surface area contributed by atoms with Gasteiger partial charge in [0.25, 0.3) is 0 Å². The minimum absolute atomic E-state index is 0.295. The molecule has 0 spiro atoms. The van der Waals surface area contributed by atoms with Gasteiger partial charge in [0.2, 0.25) is 5.89 Å². The first-order chi connectivity index (χ1) is 8.65. The zero-order chi connectivity index (χ0) is 13.0. The van der Waals surface area contributed by atoms with Crippen LogP contribution in [0.2, 0.25) is 0 Å². The summed E-state index contributed by atoms with van der Waals surface area (Å²) in [5.74, 6) is 1.26. The Morgan fingerprint density at radius 3 is 2.89 bits per heavy atom. The molecule has 6 nitrogen and oxygen atoms in total. The van der Waals surface area contributed by atoms with Crippen molar-refractivity contribution >= 4 is 22.9 Å². The van der Waals surface area contributed by atoms with Crippen LogP contribution in [0.15, 0.2) is 22.9 Å². The van der Waals surface area contributed by atoms with Crippen LogP contribution in [0.1, 0.15) is 17.4 Å². The van der Waals surface area contributed by atoms with E-state index < -0.39 is 0 Å². The van der Waals surface area contributed by atoms with Gasteiger partial charge in [-0.25, -0.2) is 0 Å². The molecule has 0 aromatic carbocycles. The maximum absolute atomic E-state index is 5.46. The van der Waals surface area contributed by atoms with Gasteiger partial charge in [-0.3, -0.25) is 4.98 Å². The fourth-order valence-electron chi connectivity index (χ4n) is 1.41. The normalized spacial score (nSPS) is 10.3. The molecule has 7 heteroatoms. The Morgan fingerprint density at radius 2 is 2.33 bits per heavy atom. The molecule has 0 radical (unpaired) electrons. The molecule has 0 aliphatic heterocycles. The van der Waals surface area contributed by atoms with Gasteiger partial charge >= 0.3 is 0 Å². The van der Waals surface area contributed by atoms with Crippen LogP contribution >= 0.6 is 12.2 Å². The number of anilines is 1. The largest absolute Gasteiger partial charge is 0.388 e. The average molecular weight is 263 g/mol. The lowest BCUT2D eigenvalue weighted by atomic mass is 10.3. The van der Waals surface area contributed by atoms with Crippen LogP contribution in [0.25, 0.3) is 0 Å². The van der Waals surface area contributed by atoms with Crippen molar-refractivity contribution in [2.75, 3.05) is 11.9 Å². The molecule has 0 bridgehead atoms. The average Bonchev–Trinajstić information content (AvgIpc) is 2.76. The lowest BCUT2D eigenvalue weighted by Crippen LogP contribution is -2.12. The second kappa shape index (κ2) is 5.54. The Kier molecular flexibility index (Phi) is 3.83. The molecule has 2 heterocycles. The quantitative estimate of drug-likeness (QED) is 0.779. The van der Waals surface area contributed by atoms with Crippen LogP contribution < -0.4 is 11.1 Å². The molecule has 18 heavy (non-hydrogen) atoms. The number of aromatic nitrogens is 3. The minimum atomic E-state index is 0.295. The van der Waals surface area contributed by atoms with E-state index in [4.69, 9.17) is 22.5 Å². The summed E-state index contributed by atoms with van der Waals surface area (Å²) in [4.78, 5) is 8.54. The first-order valence-electron chi connectivity index (χ1n) is 5.44. The van der Waals surface area contributed by atoms with Gasteiger partial charge in [-0.05, 0) is 12.1 Å². The summed E-state index contributed by atoms with van der Waals surface area (Å²) in [6.45, 7) is 2.47. The standard InChI is InChI=1S/C11H13N5OS/c1-7-15-10(16-17-7)4-5-13-8-2-3-9(11(12)18)14-6-8/h2-3,6,13H,4-5H2,1H3,(H2,12,18). The molecular weight excluding hydrogens is 250 g/mol. The number of nitrogens with one attached hydrogen (secondary N) is 1. The van der Waals surface area contributed by atoms with Crippen molar-refractivity contribution in [1.29, 1.82) is 0 Å². The van der Waals surface area contributed by atoms with E-state index in [0.717, 1.165) is 5.69 Å². The molecule has 0 aliphatic carbocycles. The fraction of sp³-hybridized carbons (Fsp3) is 0.273. The zero-order valence-electron chi connectivity index (χ0n) is 9.88. The van der Waals surface area contributed by atoms with E-state index in [0.29, 0.717) is 35.4 Å². The number of hydrogen-bond donors (Lipinski definition) is 2. The van der Waals surface area contributed by atoms with Crippen molar-refractivity contribution in [2.24, 2.45) is 5.73 Å². The van der Waals surface area contributed by atoms with Crippen LogP contribution in [0.3, 0.4) is 0 Å². The zero-order valence-corrected chi connectivity index (χ0v) is 10.7. The summed E-state index contributed by atoms with van der Waals surface area (Å²) in [6.07, 6.45) is 2.38. The highest BCUT2D eigenvalue weighted by Gasteiger charge is 2.02. The Hall–Kier alpha value is -2.02. The molecule has 0 saturated carbocycles. The summed E-state index contributed by atoms with van der Waals surface area (Å²) in [5.41, 5.74) is 6.98. The molecule has 0 saturated heterocycles. The van der Waals surface area contributed by atoms with Gasteiger partial charge < -0.3 is 15.6 Å². The number of pyridine rings is 1. The van der Waals surface area contributed by atoms with Gasteiger partial charge in [-0.1, -0.05) is 17.4 Å². The first-order valence-corrected chi connectivity index (χ1v) is 5.85. The van der Waals surface area contributed by atoms with Crippen LogP contribution in [-0.2, 0) is 6.42 Å². The summed E-state index contributed by atoms with van der Waals surface area (Å²) < 4.78 is 4.88. The smallest absolute Gasteiger partial charge is 0.223 e. The van der Waals surface area contributed by atoms with Crippen LogP contribution in [-0.4, -0.2) is 26.7 Å². The van der Waals surface area contributed by atoms with Crippen molar-refractivity contribution in [3.05, 3.63) is 35.7 Å². The van der Waals surface area contributed by atoms with E-state index in [9.17, 15) is 0 Å². The van der Waals surface area contributed by atoms with E-state index >= 15 is 0 Å². The van der Waals surface area contributed by atoms with E-state index in [-0.39, 0.29) is 0 Å². The number of nitrogens with two attached hydrogens (primary N) is 1. The molecule has 3 N–H and O–H groups in total. The molecule has 0 amide bonds. The monoisotopic (exact) mass is 263 g/mol. The van der Waals surface area contributed by atoms with Gasteiger partial charge in [-0.2, -0.15) is 4.98 Å². The Balaban J connectivity index is 1.85. The van der Waals surface area contributed by atoms with Crippen molar-refractivity contribution in [1.82, 2.24) is 15.1 Å². The number of nitrogens with zero attached hydrogens (tertiary/aromatic N) is 3. The predicted molar refractivity (Wildman–Crippen MR) is 71.4 cm³/mol. The van der Waals surface area contributed by atoms with E-state index in [1.54, 1.807) is 19.2 Å². The fourth-order valence-corrected chi connectivity index (χ4v) is 1.53. The number of thiocarbonyl (C=S) groups is 1. The third-order valence-corrected chi connectivity index (χ3v) is 2.47. The summed E-state index contributed by atoms with van der Waals surface area (Å²) in [5, 5.41) is 7.01. The van der Waals surface area contributed by atoms with Gasteiger partial charge in [0.05, 0.1) is 17.6 Å². The summed E-state index contributed by atoms with van der Waals surface area (Å²) in [6, 6.07) is 3.66. The van der Waals surface area contributed by atoms with Crippen molar-refractivity contribution in [3.63, 3.8) is 0 Å². The molecule has 94 valence electrons. The van der Waals surface area contributed by atoms with Gasteiger partial charge in [0.15, 0.2) is 5.82 Å². The molecule has 2 aromatic rings. The molecule has 2 aromatic heterocycles. The molecule has 0 unspecified atom stereocenters. The number of rotatable bonds is 5. The summed E-state index contributed by atoms with van der Waals surface area (Å²) >= 11 is 4.83. The lowest BCUT2D eigenvalue weighted by Gasteiger charge is -2.04. The number of aryl methyl sites for hydroxylation is 1. The minimum Gasteiger partial charge on any atom is -0.388 e. The van der Waals surface area contributed by atoms with Crippen molar-refractivity contribution < 1.29 is 4.52 Å². The lowest BCUT2D eigenvalue weighted by molar-refractivity contribution is 0.387. The highest BCUT2D eigenvalue weighted by Crippen LogP contribution is 2.06. The molecule has 0 aliphatic rings. The highest BCUT2D eigenvalue weighted by atomic mass is 32.1. The van der Waals surface area contributed by atoms with Crippen LogP contribution in [0, 0.1) is 6.92 Å². The first kappa shape index (κ1) is 12.4. The highest BCUT2D eigenvalue weighted by molar-refractivity contribution is 7.80. The Labute approximate surface area is 110 Å². The van der Waals surface area contributed by atoms with E-state index in [1.807, 2.05) is 6.07 Å². The third-order valence-electron chi connectivity index (χ3n) is 2.26. The molecule has 0 atom stereocenters. The van der Waals surface area contributed by atoms with Gasteiger partial charge in [0, 0.05) is 19.9 Å². The predicted octanol–water partition coefficient (Wildman–Crippen LogP) is 1.06. The Morgan fingerprint density at radius 1 is 1.50 bits per heavy atom. The topological polar surface area (TPSA) is 89.9 Å². The van der Waals surface area contributed by atoms with Gasteiger partial charge in [-0.15, -0.1) is 0 Å². The van der Waals surface area contributed by atoms with Crippen LogP contribution in [0.4, 0.5) is 5.69 Å². The van der Waals surface area contributed by atoms with Crippen molar-refractivity contribution in [3.8, 4) is 0 Å². The second-order valence-electron chi connectivity index (χ2n) is 3.70. The molecule has 0 fully saturated rings. The summed E-state index contributed by atoms with van der Waals surface area (Å²) in [7, 11) is 0. The van der Waals surface area contributed by atoms with E-state index in [2.05, 4.69) is 20.4 Å². The number of hydrogen-bond acceptors (Lipinski definition) is 6. The molecular formula is C11H13N5OS. The SMILES string of the molecule is Cc1nc(CCNc2ccc(C(N)=S)nc2)no1. The molecule has 2 rings (SSSR count).